The number of pyridine rings is 1. The zero-order valence-corrected chi connectivity index (χ0v) is 14.0. The fourth-order valence-corrected chi connectivity index (χ4v) is 3.62. The number of rotatable bonds is 5. The lowest BCUT2D eigenvalue weighted by Gasteiger charge is -2.23. The molecule has 1 aliphatic heterocycles. The van der Waals surface area contributed by atoms with Crippen LogP contribution < -0.4 is 5.32 Å². The molecule has 0 saturated carbocycles. The first-order valence-corrected chi connectivity index (χ1v) is 8.57. The molecule has 1 N–H and O–H groups in total. The van der Waals surface area contributed by atoms with Crippen LogP contribution in [0.25, 0.3) is 0 Å². The minimum absolute atomic E-state index is 0.134. The normalized spacial score (nSPS) is 19.8. The van der Waals surface area contributed by atoms with E-state index in [0.29, 0.717) is 0 Å². The van der Waals surface area contributed by atoms with Crippen molar-refractivity contribution < 1.29 is 0 Å². The molecule has 20 heavy (non-hydrogen) atoms. The Morgan fingerprint density at radius 3 is 2.75 bits per heavy atom. The highest BCUT2D eigenvalue weighted by atomic mass is 32.2. The van der Waals surface area contributed by atoms with Gasteiger partial charge in [-0.25, -0.2) is 0 Å². The van der Waals surface area contributed by atoms with Crippen molar-refractivity contribution in [2.24, 2.45) is 0 Å². The van der Waals surface area contributed by atoms with Gasteiger partial charge in [0.05, 0.1) is 11.4 Å². The first kappa shape index (κ1) is 15.8. The van der Waals surface area contributed by atoms with E-state index in [9.17, 15) is 0 Å². The Bertz CT molecular complexity index is 422. The Morgan fingerprint density at radius 2 is 2.10 bits per heavy atom. The van der Waals surface area contributed by atoms with Gasteiger partial charge in [-0.3, -0.25) is 9.88 Å². The largest absolute Gasteiger partial charge is 0.306 e. The molecule has 2 rings (SSSR count). The molecular formula is C16H27N3S. The molecule has 1 fully saturated rings. The summed E-state index contributed by atoms with van der Waals surface area (Å²) in [5.74, 6) is 2.57. The topological polar surface area (TPSA) is 28.2 Å². The molecule has 1 aliphatic rings. The molecule has 1 unspecified atom stereocenters. The van der Waals surface area contributed by atoms with Gasteiger partial charge in [0.1, 0.15) is 0 Å². The van der Waals surface area contributed by atoms with Crippen LogP contribution in [0, 0.1) is 0 Å². The van der Waals surface area contributed by atoms with Gasteiger partial charge in [0, 0.05) is 30.4 Å². The molecule has 1 aromatic heterocycles. The summed E-state index contributed by atoms with van der Waals surface area (Å²) in [5, 5.41) is 3.49. The van der Waals surface area contributed by atoms with E-state index in [1.54, 1.807) is 0 Å². The van der Waals surface area contributed by atoms with Crippen molar-refractivity contribution in [3.05, 3.63) is 29.6 Å². The molecule has 1 saturated heterocycles. The molecule has 3 nitrogen and oxygen atoms in total. The van der Waals surface area contributed by atoms with E-state index < -0.39 is 0 Å². The average molecular weight is 293 g/mol. The number of hydrogen-bond donors (Lipinski definition) is 1. The summed E-state index contributed by atoms with van der Waals surface area (Å²) in [6, 6.07) is 7.09. The molecule has 0 aromatic carbocycles. The monoisotopic (exact) mass is 293 g/mol. The highest BCUT2D eigenvalue weighted by Crippen LogP contribution is 2.22. The van der Waals surface area contributed by atoms with Crippen LogP contribution in [0.1, 0.15) is 38.6 Å². The fourth-order valence-electron chi connectivity index (χ4n) is 2.33. The fraction of sp³-hybridized carbons (Fsp3) is 0.688. The number of aromatic nitrogens is 1. The zero-order chi connectivity index (χ0) is 14.6. The molecule has 0 amide bonds. The van der Waals surface area contributed by atoms with E-state index >= 15 is 0 Å². The average Bonchev–Trinajstić information content (AvgIpc) is 2.90. The summed E-state index contributed by atoms with van der Waals surface area (Å²) in [6.07, 6.45) is 1.31. The van der Waals surface area contributed by atoms with Gasteiger partial charge in [-0.2, -0.15) is 11.8 Å². The highest BCUT2D eigenvalue weighted by molar-refractivity contribution is 7.99. The lowest BCUT2D eigenvalue weighted by atomic mass is 10.1. The van der Waals surface area contributed by atoms with Gasteiger partial charge in [-0.05, 0) is 52.1 Å². The maximum Gasteiger partial charge on any atom is 0.0547 e. The smallest absolute Gasteiger partial charge is 0.0547 e. The third-order valence-corrected chi connectivity index (χ3v) is 4.75. The van der Waals surface area contributed by atoms with Crippen molar-refractivity contribution in [2.75, 3.05) is 18.6 Å². The number of nitrogens with zero attached hydrogens (tertiary/aromatic N) is 2. The van der Waals surface area contributed by atoms with Crippen molar-refractivity contribution in [1.29, 1.82) is 0 Å². The van der Waals surface area contributed by atoms with E-state index in [1.807, 2.05) is 0 Å². The summed E-state index contributed by atoms with van der Waals surface area (Å²) in [4.78, 5) is 7.22. The molecule has 0 bridgehead atoms. The summed E-state index contributed by atoms with van der Waals surface area (Å²) < 4.78 is 0. The van der Waals surface area contributed by atoms with E-state index in [1.165, 1.54) is 23.6 Å². The van der Waals surface area contributed by atoms with Crippen molar-refractivity contribution in [3.8, 4) is 0 Å². The Balaban J connectivity index is 1.91. The first-order valence-electron chi connectivity index (χ1n) is 7.42. The van der Waals surface area contributed by atoms with Crippen LogP contribution in [0.4, 0.5) is 0 Å². The van der Waals surface area contributed by atoms with Gasteiger partial charge in [-0.15, -0.1) is 0 Å². The van der Waals surface area contributed by atoms with Crippen molar-refractivity contribution in [2.45, 2.75) is 51.9 Å². The molecular weight excluding hydrogens is 266 g/mol. The third-order valence-electron chi connectivity index (χ3n) is 3.60. The van der Waals surface area contributed by atoms with Crippen molar-refractivity contribution in [3.63, 3.8) is 0 Å². The van der Waals surface area contributed by atoms with E-state index in [4.69, 9.17) is 4.98 Å². The Kier molecular flexibility index (Phi) is 5.47. The second-order valence-electron chi connectivity index (χ2n) is 6.66. The van der Waals surface area contributed by atoms with Crippen LogP contribution in [0.5, 0.6) is 0 Å². The number of thioether (sulfide) groups is 1. The van der Waals surface area contributed by atoms with Gasteiger partial charge in [0.25, 0.3) is 0 Å². The van der Waals surface area contributed by atoms with E-state index in [0.717, 1.165) is 24.8 Å². The minimum Gasteiger partial charge on any atom is -0.306 e. The lowest BCUT2D eigenvalue weighted by molar-refractivity contribution is 0.251. The summed E-state index contributed by atoms with van der Waals surface area (Å²) in [7, 11) is 2.22. The predicted octanol–water partition coefficient (Wildman–Crippen LogP) is 2.91. The highest BCUT2D eigenvalue weighted by Gasteiger charge is 2.20. The van der Waals surface area contributed by atoms with Gasteiger partial charge >= 0.3 is 0 Å². The standard InChI is InChI=1S/C16H27N3S/c1-16(2,3)17-10-13-6-5-7-14(18-13)11-19(4)15-8-9-20-12-15/h5-7,15,17H,8-12H2,1-4H3. The molecule has 4 heteroatoms. The summed E-state index contributed by atoms with van der Waals surface area (Å²) in [6.45, 7) is 8.34. The molecule has 0 aliphatic carbocycles. The number of nitrogens with one attached hydrogen (secondary N) is 1. The SMILES string of the molecule is CN(Cc1cccc(CNC(C)(C)C)n1)C1CCSC1. The van der Waals surface area contributed by atoms with Crippen molar-refractivity contribution in [1.82, 2.24) is 15.2 Å². The van der Waals surface area contributed by atoms with Crippen LogP contribution in [-0.2, 0) is 13.1 Å². The molecule has 1 atom stereocenters. The summed E-state index contributed by atoms with van der Waals surface area (Å²) >= 11 is 2.06. The zero-order valence-electron chi connectivity index (χ0n) is 13.1. The van der Waals surface area contributed by atoms with Gasteiger partial charge in [-0.1, -0.05) is 6.07 Å². The maximum atomic E-state index is 4.78. The summed E-state index contributed by atoms with van der Waals surface area (Å²) in [5.41, 5.74) is 2.44. The molecule has 2 heterocycles. The Labute approximate surface area is 127 Å². The lowest BCUT2D eigenvalue weighted by Crippen LogP contribution is -2.35. The van der Waals surface area contributed by atoms with Crippen LogP contribution in [0.3, 0.4) is 0 Å². The predicted molar refractivity (Wildman–Crippen MR) is 88.0 cm³/mol. The van der Waals surface area contributed by atoms with Gasteiger partial charge in [0.2, 0.25) is 0 Å². The van der Waals surface area contributed by atoms with Crippen LogP contribution in [-0.4, -0.2) is 40.0 Å². The maximum absolute atomic E-state index is 4.78. The van der Waals surface area contributed by atoms with Gasteiger partial charge in [0.15, 0.2) is 0 Å². The quantitative estimate of drug-likeness (QED) is 0.903. The second-order valence-corrected chi connectivity index (χ2v) is 7.81. The minimum atomic E-state index is 0.134. The molecule has 112 valence electrons. The van der Waals surface area contributed by atoms with Crippen molar-refractivity contribution >= 4 is 11.8 Å². The van der Waals surface area contributed by atoms with Gasteiger partial charge < -0.3 is 5.32 Å². The Hall–Kier alpha value is -0.580. The van der Waals surface area contributed by atoms with E-state index in [2.05, 4.69) is 68.0 Å². The van der Waals surface area contributed by atoms with E-state index in [-0.39, 0.29) is 5.54 Å². The third kappa shape index (κ3) is 5.08. The van der Waals surface area contributed by atoms with Crippen LogP contribution >= 0.6 is 11.8 Å². The number of hydrogen-bond acceptors (Lipinski definition) is 4. The van der Waals surface area contributed by atoms with Crippen LogP contribution in [0.15, 0.2) is 18.2 Å². The molecule has 0 spiro atoms. The Morgan fingerprint density at radius 1 is 1.35 bits per heavy atom. The second kappa shape index (κ2) is 6.92. The molecule has 0 radical (unpaired) electrons. The molecule has 1 aromatic rings. The first-order chi connectivity index (χ1) is 9.44. The van der Waals surface area contributed by atoms with Crippen LogP contribution in [0.2, 0.25) is 0 Å².